The van der Waals surface area contributed by atoms with E-state index in [0.29, 0.717) is 0 Å². The molecule has 1 radical (unpaired) electrons. The Kier molecular flexibility index (Phi) is 2.18. The molecule has 0 N–H and O–H groups in total. The zero-order valence-electron chi connectivity index (χ0n) is 10.3. The third-order valence-electron chi connectivity index (χ3n) is 3.42. The Balaban J connectivity index is 1.99. The van der Waals surface area contributed by atoms with Crippen LogP contribution in [0.15, 0.2) is 71.1 Å². The Morgan fingerprint density at radius 2 is 1.58 bits per heavy atom. The van der Waals surface area contributed by atoms with E-state index in [1.54, 1.807) is 0 Å². The van der Waals surface area contributed by atoms with Crippen LogP contribution in [-0.2, 0) is 0 Å². The molecule has 0 unspecified atom stereocenters. The number of furan rings is 1. The summed E-state index contributed by atoms with van der Waals surface area (Å²) >= 11 is 0. The maximum absolute atomic E-state index is 5.88. The zero-order valence-corrected chi connectivity index (χ0v) is 10.3. The van der Waals surface area contributed by atoms with E-state index in [9.17, 15) is 0 Å². The molecule has 1 heteroatoms. The predicted molar refractivity (Wildman–Crippen MR) is 78.0 cm³/mol. The summed E-state index contributed by atoms with van der Waals surface area (Å²) in [5.74, 6) is 0. The SMILES string of the molecule is [c]1ccc2c(c1)oc1cc(-c3ccccc3)ccc12. The first kappa shape index (κ1) is 10.4. The van der Waals surface area contributed by atoms with Crippen molar-refractivity contribution in [3.63, 3.8) is 0 Å². The summed E-state index contributed by atoms with van der Waals surface area (Å²) in [6.07, 6.45) is 0. The Labute approximate surface area is 111 Å². The van der Waals surface area contributed by atoms with Crippen LogP contribution in [0.4, 0.5) is 0 Å². The molecule has 0 bridgehead atoms. The van der Waals surface area contributed by atoms with E-state index in [-0.39, 0.29) is 0 Å². The summed E-state index contributed by atoms with van der Waals surface area (Å²) < 4.78 is 5.88. The van der Waals surface area contributed by atoms with Crippen LogP contribution in [0.25, 0.3) is 33.1 Å². The van der Waals surface area contributed by atoms with Gasteiger partial charge in [-0.25, -0.2) is 0 Å². The van der Waals surface area contributed by atoms with Crippen molar-refractivity contribution in [3.05, 3.63) is 72.8 Å². The predicted octanol–water partition coefficient (Wildman–Crippen LogP) is 5.05. The van der Waals surface area contributed by atoms with Gasteiger partial charge in [-0.05, 0) is 41.5 Å². The molecule has 19 heavy (non-hydrogen) atoms. The van der Waals surface area contributed by atoms with Gasteiger partial charge in [-0.1, -0.05) is 42.5 Å². The van der Waals surface area contributed by atoms with Gasteiger partial charge in [0.15, 0.2) is 0 Å². The number of hydrogen-bond acceptors (Lipinski definition) is 1. The number of benzene rings is 3. The van der Waals surface area contributed by atoms with Crippen LogP contribution < -0.4 is 0 Å². The van der Waals surface area contributed by atoms with Gasteiger partial charge in [0.05, 0.1) is 0 Å². The van der Waals surface area contributed by atoms with Crippen LogP contribution in [-0.4, -0.2) is 0 Å². The number of hydrogen-bond donors (Lipinski definition) is 0. The highest BCUT2D eigenvalue weighted by Crippen LogP contribution is 2.31. The first-order chi connectivity index (χ1) is 9.42. The highest BCUT2D eigenvalue weighted by Gasteiger charge is 2.07. The summed E-state index contributed by atoms with van der Waals surface area (Å²) in [5, 5.41) is 2.30. The molecule has 4 rings (SSSR count). The number of fused-ring (bicyclic) bond motifs is 3. The van der Waals surface area contributed by atoms with E-state index in [2.05, 4.69) is 36.4 Å². The van der Waals surface area contributed by atoms with Crippen molar-refractivity contribution < 1.29 is 4.42 Å². The summed E-state index contributed by atoms with van der Waals surface area (Å²) in [6.45, 7) is 0. The molecular weight excluding hydrogens is 232 g/mol. The Morgan fingerprint density at radius 3 is 2.47 bits per heavy atom. The van der Waals surface area contributed by atoms with E-state index in [1.807, 2.05) is 36.4 Å². The van der Waals surface area contributed by atoms with Gasteiger partial charge in [-0.15, -0.1) is 0 Å². The average Bonchev–Trinajstić information content (AvgIpc) is 2.86. The molecule has 3 aromatic carbocycles. The van der Waals surface area contributed by atoms with Gasteiger partial charge < -0.3 is 4.42 Å². The van der Waals surface area contributed by atoms with Gasteiger partial charge in [0.25, 0.3) is 0 Å². The van der Waals surface area contributed by atoms with E-state index in [1.165, 1.54) is 11.1 Å². The van der Waals surface area contributed by atoms with Crippen molar-refractivity contribution in [2.24, 2.45) is 0 Å². The first-order valence-corrected chi connectivity index (χ1v) is 6.29. The van der Waals surface area contributed by atoms with Gasteiger partial charge in [0.1, 0.15) is 11.2 Å². The molecular formula is C18H11O. The summed E-state index contributed by atoms with van der Waals surface area (Å²) in [7, 11) is 0. The Hall–Kier alpha value is -2.54. The normalized spacial score (nSPS) is 11.2. The summed E-state index contributed by atoms with van der Waals surface area (Å²) in [5.41, 5.74) is 4.20. The van der Waals surface area contributed by atoms with Crippen molar-refractivity contribution in [3.8, 4) is 11.1 Å². The Morgan fingerprint density at radius 1 is 0.737 bits per heavy atom. The second-order valence-corrected chi connectivity index (χ2v) is 4.60. The van der Waals surface area contributed by atoms with Gasteiger partial charge in [-0.3, -0.25) is 0 Å². The second-order valence-electron chi connectivity index (χ2n) is 4.60. The molecule has 0 amide bonds. The highest BCUT2D eigenvalue weighted by atomic mass is 16.3. The fourth-order valence-electron chi connectivity index (χ4n) is 2.48. The van der Waals surface area contributed by atoms with Crippen LogP contribution in [0.1, 0.15) is 0 Å². The molecule has 4 aromatic rings. The molecule has 0 aliphatic rings. The van der Waals surface area contributed by atoms with E-state index >= 15 is 0 Å². The minimum atomic E-state index is 0.891. The van der Waals surface area contributed by atoms with Crippen LogP contribution in [0.5, 0.6) is 0 Å². The smallest absolute Gasteiger partial charge is 0.136 e. The van der Waals surface area contributed by atoms with Gasteiger partial charge in [0.2, 0.25) is 0 Å². The minimum Gasteiger partial charge on any atom is -0.456 e. The Bertz CT molecular complexity index is 857. The third-order valence-corrected chi connectivity index (χ3v) is 3.42. The van der Waals surface area contributed by atoms with E-state index in [4.69, 9.17) is 4.42 Å². The molecule has 0 spiro atoms. The van der Waals surface area contributed by atoms with Crippen molar-refractivity contribution in [1.82, 2.24) is 0 Å². The van der Waals surface area contributed by atoms with Crippen molar-refractivity contribution >= 4 is 21.9 Å². The van der Waals surface area contributed by atoms with Gasteiger partial charge >= 0.3 is 0 Å². The van der Waals surface area contributed by atoms with Crippen LogP contribution in [0.3, 0.4) is 0 Å². The lowest BCUT2D eigenvalue weighted by molar-refractivity contribution is 0.669. The second kappa shape index (κ2) is 3.99. The quantitative estimate of drug-likeness (QED) is 0.455. The van der Waals surface area contributed by atoms with Crippen molar-refractivity contribution in [2.75, 3.05) is 0 Å². The topological polar surface area (TPSA) is 13.1 Å². The van der Waals surface area contributed by atoms with E-state index in [0.717, 1.165) is 21.9 Å². The maximum atomic E-state index is 5.88. The molecule has 89 valence electrons. The van der Waals surface area contributed by atoms with Gasteiger partial charge in [0, 0.05) is 10.8 Å². The molecule has 0 aliphatic heterocycles. The van der Waals surface area contributed by atoms with Crippen molar-refractivity contribution in [1.29, 1.82) is 0 Å². The van der Waals surface area contributed by atoms with Crippen LogP contribution >= 0.6 is 0 Å². The lowest BCUT2D eigenvalue weighted by atomic mass is 10.0. The monoisotopic (exact) mass is 243 g/mol. The summed E-state index contributed by atoms with van der Waals surface area (Å²) in [6, 6.07) is 25.6. The van der Waals surface area contributed by atoms with Crippen molar-refractivity contribution in [2.45, 2.75) is 0 Å². The van der Waals surface area contributed by atoms with Gasteiger partial charge in [-0.2, -0.15) is 0 Å². The summed E-state index contributed by atoms with van der Waals surface area (Å²) in [4.78, 5) is 0. The zero-order chi connectivity index (χ0) is 12.7. The van der Waals surface area contributed by atoms with E-state index < -0.39 is 0 Å². The molecule has 1 aromatic heterocycles. The molecule has 0 aliphatic carbocycles. The molecule has 0 saturated heterocycles. The van der Waals surface area contributed by atoms with Crippen LogP contribution in [0.2, 0.25) is 0 Å². The molecule has 1 nitrogen and oxygen atoms in total. The highest BCUT2D eigenvalue weighted by molar-refractivity contribution is 6.05. The fourth-order valence-corrected chi connectivity index (χ4v) is 2.48. The molecule has 0 saturated carbocycles. The minimum absolute atomic E-state index is 0.891. The van der Waals surface area contributed by atoms with Crippen LogP contribution in [0, 0.1) is 6.07 Å². The molecule has 0 atom stereocenters. The lowest BCUT2D eigenvalue weighted by Gasteiger charge is -2.00. The lowest BCUT2D eigenvalue weighted by Crippen LogP contribution is -1.76. The maximum Gasteiger partial charge on any atom is 0.136 e. The standard InChI is InChI=1S/C18H11O/c1-2-6-13(7-3-1)14-10-11-16-15-8-4-5-9-17(15)19-18(16)12-14/h1-4,6-12H. The third kappa shape index (κ3) is 1.63. The number of rotatable bonds is 1. The average molecular weight is 243 g/mol. The molecule has 0 fully saturated rings. The molecule has 1 heterocycles. The first-order valence-electron chi connectivity index (χ1n) is 6.29. The fraction of sp³-hybridized carbons (Fsp3) is 0. The largest absolute Gasteiger partial charge is 0.456 e.